The van der Waals surface area contributed by atoms with Crippen molar-refractivity contribution in [3.05, 3.63) is 11.8 Å². The molecule has 1 unspecified atom stereocenters. The zero-order valence-electron chi connectivity index (χ0n) is 6.02. The lowest BCUT2D eigenvalue weighted by Crippen LogP contribution is -1.99. The van der Waals surface area contributed by atoms with Gasteiger partial charge in [0.25, 0.3) is 0 Å². The highest BCUT2D eigenvalue weighted by molar-refractivity contribution is 6.20. The summed E-state index contributed by atoms with van der Waals surface area (Å²) in [7, 11) is 0. The van der Waals surface area contributed by atoms with E-state index < -0.39 is 0 Å². The molecular formula is C7H14ClN. The second-order valence-corrected chi connectivity index (χ2v) is 2.93. The van der Waals surface area contributed by atoms with Gasteiger partial charge in [0.15, 0.2) is 0 Å². The topological polar surface area (TPSA) is 26.0 Å². The second-order valence-electron chi connectivity index (χ2n) is 2.18. The van der Waals surface area contributed by atoms with E-state index in [1.807, 2.05) is 19.9 Å². The number of rotatable bonds is 3. The molecule has 9 heavy (non-hydrogen) atoms. The molecule has 0 fully saturated rings. The van der Waals surface area contributed by atoms with Gasteiger partial charge < -0.3 is 5.73 Å². The molecule has 0 heterocycles. The third-order valence-electron chi connectivity index (χ3n) is 1.20. The molecule has 0 saturated heterocycles. The van der Waals surface area contributed by atoms with Crippen molar-refractivity contribution in [2.24, 2.45) is 5.73 Å². The zero-order chi connectivity index (χ0) is 7.28. The van der Waals surface area contributed by atoms with Crippen LogP contribution < -0.4 is 5.73 Å². The Labute approximate surface area is 61.9 Å². The van der Waals surface area contributed by atoms with E-state index in [0.29, 0.717) is 0 Å². The fourth-order valence-electron chi connectivity index (χ4n) is 0.510. The van der Waals surface area contributed by atoms with Crippen molar-refractivity contribution < 1.29 is 0 Å². The molecule has 0 bridgehead atoms. The molecule has 0 amide bonds. The molecule has 2 heteroatoms. The van der Waals surface area contributed by atoms with Gasteiger partial charge >= 0.3 is 0 Å². The van der Waals surface area contributed by atoms with E-state index >= 15 is 0 Å². The van der Waals surface area contributed by atoms with E-state index in [4.69, 9.17) is 17.3 Å². The first-order chi connectivity index (χ1) is 4.16. The van der Waals surface area contributed by atoms with E-state index in [9.17, 15) is 0 Å². The molecule has 54 valence electrons. The molecule has 0 aliphatic rings. The van der Waals surface area contributed by atoms with Gasteiger partial charge in [0.1, 0.15) is 0 Å². The normalized spacial score (nSPS) is 15.7. The van der Waals surface area contributed by atoms with Crippen LogP contribution in [0.3, 0.4) is 0 Å². The Morgan fingerprint density at radius 1 is 1.78 bits per heavy atom. The van der Waals surface area contributed by atoms with E-state index in [1.54, 1.807) is 0 Å². The van der Waals surface area contributed by atoms with Crippen LogP contribution in [0.25, 0.3) is 0 Å². The van der Waals surface area contributed by atoms with Gasteiger partial charge in [-0.1, -0.05) is 6.08 Å². The van der Waals surface area contributed by atoms with Gasteiger partial charge in [0.05, 0.1) is 0 Å². The lowest BCUT2D eigenvalue weighted by Gasteiger charge is -2.01. The Morgan fingerprint density at radius 2 is 2.33 bits per heavy atom. The van der Waals surface area contributed by atoms with Crippen LogP contribution in [0, 0.1) is 0 Å². The minimum Gasteiger partial charge on any atom is -0.402 e. The van der Waals surface area contributed by atoms with Crippen LogP contribution in [-0.2, 0) is 0 Å². The van der Waals surface area contributed by atoms with Crippen molar-refractivity contribution in [2.75, 3.05) is 0 Å². The molecule has 2 N–H and O–H groups in total. The van der Waals surface area contributed by atoms with Crippen molar-refractivity contribution in [2.45, 2.75) is 32.1 Å². The quantitative estimate of drug-likeness (QED) is 0.609. The van der Waals surface area contributed by atoms with E-state index in [-0.39, 0.29) is 5.38 Å². The molecule has 0 aromatic heterocycles. The van der Waals surface area contributed by atoms with Gasteiger partial charge in [-0.3, -0.25) is 0 Å². The third-order valence-corrected chi connectivity index (χ3v) is 1.42. The van der Waals surface area contributed by atoms with Crippen molar-refractivity contribution in [1.29, 1.82) is 0 Å². The summed E-state index contributed by atoms with van der Waals surface area (Å²) < 4.78 is 0. The Hall–Kier alpha value is -0.170. The summed E-state index contributed by atoms with van der Waals surface area (Å²) in [6, 6.07) is 0. The Morgan fingerprint density at radius 3 is 2.67 bits per heavy atom. The second kappa shape index (κ2) is 4.68. The predicted octanol–water partition coefficient (Wildman–Crippen LogP) is 2.26. The van der Waals surface area contributed by atoms with Gasteiger partial charge in [-0.2, -0.15) is 0 Å². The van der Waals surface area contributed by atoms with Crippen LogP contribution in [0.1, 0.15) is 26.7 Å². The minimum atomic E-state index is 0.239. The molecule has 0 radical (unpaired) electrons. The summed E-state index contributed by atoms with van der Waals surface area (Å²) in [6.07, 6.45) is 3.80. The minimum absolute atomic E-state index is 0.239. The Kier molecular flexibility index (Phi) is 4.60. The van der Waals surface area contributed by atoms with Gasteiger partial charge in [0.2, 0.25) is 0 Å². The molecule has 0 aliphatic carbocycles. The number of nitrogens with two attached hydrogens (primary N) is 1. The highest BCUT2D eigenvalue weighted by atomic mass is 35.5. The SMILES string of the molecule is CC=C(N)CCC(C)Cl. The van der Waals surface area contributed by atoms with Gasteiger partial charge in [-0.05, 0) is 26.7 Å². The molecule has 1 atom stereocenters. The van der Waals surface area contributed by atoms with Crippen molar-refractivity contribution in [1.82, 2.24) is 0 Å². The Bertz CT molecular complexity index is 97.1. The summed E-state index contributed by atoms with van der Waals surface area (Å²) in [5.41, 5.74) is 6.46. The first-order valence-electron chi connectivity index (χ1n) is 3.21. The fourth-order valence-corrected chi connectivity index (χ4v) is 0.619. The van der Waals surface area contributed by atoms with E-state index in [0.717, 1.165) is 18.5 Å². The Balaban J connectivity index is 3.28. The molecule has 0 aliphatic heterocycles. The summed E-state index contributed by atoms with van der Waals surface area (Å²) in [5, 5.41) is 0.239. The molecule has 0 aromatic rings. The first kappa shape index (κ1) is 8.83. The van der Waals surface area contributed by atoms with Gasteiger partial charge in [-0.15, -0.1) is 11.6 Å². The molecule has 0 aromatic carbocycles. The maximum atomic E-state index is 5.70. The zero-order valence-corrected chi connectivity index (χ0v) is 6.78. The average molecular weight is 148 g/mol. The van der Waals surface area contributed by atoms with E-state index in [2.05, 4.69) is 0 Å². The van der Waals surface area contributed by atoms with Crippen molar-refractivity contribution in [3.63, 3.8) is 0 Å². The fraction of sp³-hybridized carbons (Fsp3) is 0.714. The lowest BCUT2D eigenvalue weighted by atomic mass is 10.2. The summed E-state index contributed by atoms with van der Waals surface area (Å²) >= 11 is 5.70. The largest absolute Gasteiger partial charge is 0.402 e. The van der Waals surface area contributed by atoms with Crippen LogP contribution in [0.15, 0.2) is 11.8 Å². The first-order valence-corrected chi connectivity index (χ1v) is 3.65. The maximum absolute atomic E-state index is 5.70. The van der Waals surface area contributed by atoms with Crippen LogP contribution in [0.5, 0.6) is 0 Å². The third kappa shape index (κ3) is 5.71. The number of hydrogen-bond donors (Lipinski definition) is 1. The monoisotopic (exact) mass is 147 g/mol. The van der Waals surface area contributed by atoms with Gasteiger partial charge in [-0.25, -0.2) is 0 Å². The summed E-state index contributed by atoms with van der Waals surface area (Å²) in [6.45, 7) is 3.92. The molecule has 0 spiro atoms. The maximum Gasteiger partial charge on any atom is 0.0311 e. The summed E-state index contributed by atoms with van der Waals surface area (Å²) in [5.74, 6) is 0. The molecule has 0 saturated carbocycles. The molecule has 1 nitrogen and oxygen atoms in total. The smallest absolute Gasteiger partial charge is 0.0311 e. The van der Waals surface area contributed by atoms with E-state index in [1.165, 1.54) is 0 Å². The van der Waals surface area contributed by atoms with Crippen LogP contribution in [-0.4, -0.2) is 5.38 Å². The van der Waals surface area contributed by atoms with Crippen LogP contribution >= 0.6 is 11.6 Å². The van der Waals surface area contributed by atoms with Crippen molar-refractivity contribution in [3.8, 4) is 0 Å². The molecular weight excluding hydrogens is 134 g/mol. The predicted molar refractivity (Wildman–Crippen MR) is 42.5 cm³/mol. The van der Waals surface area contributed by atoms with Gasteiger partial charge in [0, 0.05) is 11.1 Å². The number of alkyl halides is 1. The standard InChI is InChI=1S/C7H14ClN/c1-3-7(9)5-4-6(2)8/h3,6H,4-5,9H2,1-2H3. The van der Waals surface area contributed by atoms with Crippen LogP contribution in [0.4, 0.5) is 0 Å². The number of hydrogen-bond acceptors (Lipinski definition) is 1. The molecule has 0 rings (SSSR count). The lowest BCUT2D eigenvalue weighted by molar-refractivity contribution is 0.787. The number of allylic oxidation sites excluding steroid dienone is 2. The summed E-state index contributed by atoms with van der Waals surface area (Å²) in [4.78, 5) is 0. The highest BCUT2D eigenvalue weighted by Gasteiger charge is 1.95. The van der Waals surface area contributed by atoms with Crippen LogP contribution in [0.2, 0.25) is 0 Å². The highest BCUT2D eigenvalue weighted by Crippen LogP contribution is 2.06. The number of halogens is 1. The average Bonchev–Trinajstić information content (AvgIpc) is 1.83. The van der Waals surface area contributed by atoms with Crippen molar-refractivity contribution >= 4 is 11.6 Å².